The average Bonchev–Trinajstić information content (AvgIpc) is 2.98. The molecule has 0 spiro atoms. The van der Waals surface area contributed by atoms with Crippen molar-refractivity contribution in [3.63, 3.8) is 0 Å². The van der Waals surface area contributed by atoms with Crippen molar-refractivity contribution in [1.82, 2.24) is 4.90 Å². The van der Waals surface area contributed by atoms with Crippen LogP contribution in [-0.4, -0.2) is 29.9 Å². The zero-order valence-electron chi connectivity index (χ0n) is 17.7. The third-order valence-corrected chi connectivity index (χ3v) is 5.73. The first-order valence-electron chi connectivity index (χ1n) is 10.6. The maximum atomic E-state index is 14.2. The van der Waals surface area contributed by atoms with E-state index in [1.54, 1.807) is 0 Å². The van der Waals surface area contributed by atoms with Crippen molar-refractivity contribution in [3.05, 3.63) is 108 Å². The summed E-state index contributed by atoms with van der Waals surface area (Å²) in [5, 5.41) is 4.86. The first-order chi connectivity index (χ1) is 16.1. The van der Waals surface area contributed by atoms with Gasteiger partial charge in [0.1, 0.15) is 18.1 Å². The normalized spacial score (nSPS) is 15.5. The van der Waals surface area contributed by atoms with Crippen molar-refractivity contribution in [2.24, 2.45) is 0 Å². The van der Waals surface area contributed by atoms with Gasteiger partial charge in [0.25, 0.3) is 5.91 Å². The number of hydrogen-bond donors (Lipinski definition) is 1. The minimum Gasteiger partial charge on any atom is -0.484 e. The number of halogens is 1. The Morgan fingerprint density at radius 2 is 1.70 bits per heavy atom. The zero-order valence-corrected chi connectivity index (χ0v) is 17.7. The molecule has 1 heterocycles. The number of hydrogen-bond acceptors (Lipinski definition) is 3. The summed E-state index contributed by atoms with van der Waals surface area (Å²) in [7, 11) is 0. The Bertz CT molecular complexity index is 1340. The molecule has 0 saturated carbocycles. The number of nitrogens with zero attached hydrogens (tertiary/aromatic N) is 1. The maximum absolute atomic E-state index is 14.2. The van der Waals surface area contributed by atoms with Crippen LogP contribution in [0.5, 0.6) is 5.75 Å². The van der Waals surface area contributed by atoms with E-state index in [2.05, 4.69) is 5.32 Å². The maximum Gasteiger partial charge on any atom is 0.261 e. The molecule has 5 nitrogen and oxygen atoms in total. The summed E-state index contributed by atoms with van der Waals surface area (Å²) in [6, 6.07) is 26.3. The molecule has 1 atom stereocenters. The number of carbonyl (C=O) groups excluding carboxylic acids is 2. The van der Waals surface area contributed by atoms with Crippen LogP contribution in [-0.2, 0) is 9.59 Å². The molecule has 4 aromatic rings. The van der Waals surface area contributed by atoms with E-state index in [-0.39, 0.29) is 25.0 Å². The smallest absolute Gasteiger partial charge is 0.261 e. The summed E-state index contributed by atoms with van der Waals surface area (Å²) < 4.78 is 20.0. The number of rotatable bonds is 4. The van der Waals surface area contributed by atoms with E-state index in [0.717, 1.165) is 16.3 Å². The summed E-state index contributed by atoms with van der Waals surface area (Å²) in [6.07, 6.45) is 0. The Kier molecular flexibility index (Phi) is 5.48. The molecular weight excluding hydrogens is 419 g/mol. The second kappa shape index (κ2) is 8.74. The lowest BCUT2D eigenvalue weighted by molar-refractivity contribution is -0.138. The van der Waals surface area contributed by atoms with Crippen molar-refractivity contribution >= 4 is 28.3 Å². The Morgan fingerprint density at radius 1 is 0.939 bits per heavy atom. The lowest BCUT2D eigenvalue weighted by Gasteiger charge is -2.30. The van der Waals surface area contributed by atoms with Crippen molar-refractivity contribution < 1.29 is 18.7 Å². The molecule has 1 N–H and O–H groups in total. The van der Waals surface area contributed by atoms with Gasteiger partial charge in [0, 0.05) is 11.3 Å². The van der Waals surface area contributed by atoms with Crippen molar-refractivity contribution in [2.45, 2.75) is 6.04 Å². The molecule has 6 heteroatoms. The Hall–Kier alpha value is -4.19. The molecule has 1 aliphatic heterocycles. The van der Waals surface area contributed by atoms with Gasteiger partial charge in [0.05, 0.1) is 6.04 Å². The molecule has 33 heavy (non-hydrogen) atoms. The lowest BCUT2D eigenvalue weighted by Crippen LogP contribution is -2.41. The highest BCUT2D eigenvalue weighted by atomic mass is 19.1. The van der Waals surface area contributed by atoms with Gasteiger partial charge in [-0.1, -0.05) is 60.7 Å². The molecule has 0 bridgehead atoms. The standard InChI is InChI=1S/C27H21FN2O3/c28-21-11-13-24-23(15-21)27(19-7-2-1-3-8-19)30(16-25(31)29-24)26(32)17-33-22-12-10-18-6-4-5-9-20(18)14-22/h1-15,27H,16-17H2,(H,29,31). The van der Waals surface area contributed by atoms with Gasteiger partial charge in [-0.25, -0.2) is 4.39 Å². The molecule has 0 aliphatic carbocycles. The van der Waals surface area contributed by atoms with Crippen LogP contribution in [0.15, 0.2) is 91.0 Å². The van der Waals surface area contributed by atoms with E-state index < -0.39 is 11.9 Å². The second-order valence-corrected chi connectivity index (χ2v) is 7.91. The molecule has 164 valence electrons. The van der Waals surface area contributed by atoms with Gasteiger partial charge in [-0.3, -0.25) is 9.59 Å². The van der Waals surface area contributed by atoms with E-state index in [4.69, 9.17) is 4.74 Å². The Morgan fingerprint density at radius 3 is 2.52 bits per heavy atom. The fourth-order valence-electron chi connectivity index (χ4n) is 4.19. The zero-order chi connectivity index (χ0) is 22.8. The van der Waals surface area contributed by atoms with E-state index >= 15 is 0 Å². The van der Waals surface area contributed by atoms with Crippen LogP contribution in [0.2, 0.25) is 0 Å². The summed E-state index contributed by atoms with van der Waals surface area (Å²) in [5.74, 6) is -0.598. The third kappa shape index (κ3) is 4.28. The first kappa shape index (κ1) is 20.7. The van der Waals surface area contributed by atoms with Gasteiger partial charge in [-0.15, -0.1) is 0 Å². The van der Waals surface area contributed by atoms with E-state index in [0.29, 0.717) is 17.0 Å². The summed E-state index contributed by atoms with van der Waals surface area (Å²) >= 11 is 0. The van der Waals surface area contributed by atoms with E-state index in [1.807, 2.05) is 72.8 Å². The lowest BCUT2D eigenvalue weighted by atomic mass is 9.95. The number of benzene rings is 4. The molecule has 5 rings (SSSR count). The van der Waals surface area contributed by atoms with Crippen LogP contribution in [0, 0.1) is 5.82 Å². The van der Waals surface area contributed by atoms with Gasteiger partial charge >= 0.3 is 0 Å². The van der Waals surface area contributed by atoms with Crippen LogP contribution in [0.4, 0.5) is 10.1 Å². The average molecular weight is 440 g/mol. The molecule has 1 aliphatic rings. The van der Waals surface area contributed by atoms with Crippen LogP contribution in [0.1, 0.15) is 17.2 Å². The van der Waals surface area contributed by atoms with E-state index in [1.165, 1.54) is 23.1 Å². The Balaban J connectivity index is 1.47. The topological polar surface area (TPSA) is 58.6 Å². The molecule has 1 unspecified atom stereocenters. The minimum absolute atomic E-state index is 0.171. The quantitative estimate of drug-likeness (QED) is 0.490. The largest absolute Gasteiger partial charge is 0.484 e. The van der Waals surface area contributed by atoms with Gasteiger partial charge < -0.3 is 15.0 Å². The SMILES string of the molecule is O=C1CN(C(=O)COc2ccc3ccccc3c2)C(c2ccccc2)c2cc(F)ccc2N1. The third-order valence-electron chi connectivity index (χ3n) is 5.73. The highest BCUT2D eigenvalue weighted by Crippen LogP contribution is 2.36. The number of fused-ring (bicyclic) bond motifs is 2. The second-order valence-electron chi connectivity index (χ2n) is 7.91. The summed E-state index contributed by atoms with van der Waals surface area (Å²) in [4.78, 5) is 27.4. The molecule has 0 fully saturated rings. The first-order valence-corrected chi connectivity index (χ1v) is 10.6. The number of amides is 2. The highest BCUT2D eigenvalue weighted by Gasteiger charge is 2.33. The van der Waals surface area contributed by atoms with Gasteiger partial charge in [-0.2, -0.15) is 0 Å². The predicted molar refractivity (Wildman–Crippen MR) is 124 cm³/mol. The molecule has 0 saturated heterocycles. The molecular formula is C27H21FN2O3. The monoisotopic (exact) mass is 440 g/mol. The predicted octanol–water partition coefficient (Wildman–Crippen LogP) is 4.93. The summed E-state index contributed by atoms with van der Waals surface area (Å²) in [5.41, 5.74) is 1.78. The van der Waals surface area contributed by atoms with Crippen LogP contribution in [0.25, 0.3) is 10.8 Å². The summed E-state index contributed by atoms with van der Waals surface area (Å²) in [6.45, 7) is -0.421. The van der Waals surface area contributed by atoms with Gasteiger partial charge in [0.2, 0.25) is 5.91 Å². The highest BCUT2D eigenvalue weighted by molar-refractivity contribution is 5.97. The number of anilines is 1. The number of nitrogens with one attached hydrogen (secondary N) is 1. The van der Waals surface area contributed by atoms with E-state index in [9.17, 15) is 14.0 Å². The van der Waals surface area contributed by atoms with Crippen LogP contribution < -0.4 is 10.1 Å². The van der Waals surface area contributed by atoms with Crippen LogP contribution >= 0.6 is 0 Å². The number of ether oxygens (including phenoxy) is 1. The molecule has 0 radical (unpaired) electrons. The van der Waals surface area contributed by atoms with Gasteiger partial charge in [-0.05, 0) is 46.7 Å². The fraction of sp³-hybridized carbons (Fsp3) is 0.111. The molecule has 2 amide bonds. The Labute approximate surface area is 190 Å². The van der Waals surface area contributed by atoms with Gasteiger partial charge in [0.15, 0.2) is 6.61 Å². The number of carbonyl (C=O) groups is 2. The molecule has 4 aromatic carbocycles. The fourth-order valence-corrected chi connectivity index (χ4v) is 4.19. The molecule has 0 aromatic heterocycles. The van der Waals surface area contributed by atoms with Crippen molar-refractivity contribution in [3.8, 4) is 5.75 Å². The van der Waals surface area contributed by atoms with Crippen molar-refractivity contribution in [2.75, 3.05) is 18.5 Å². The van der Waals surface area contributed by atoms with Crippen molar-refractivity contribution in [1.29, 1.82) is 0 Å². The minimum atomic E-state index is -0.636. The van der Waals surface area contributed by atoms with Crippen LogP contribution in [0.3, 0.4) is 0 Å².